The molecule has 3 aliphatic rings. The van der Waals surface area contributed by atoms with E-state index in [2.05, 4.69) is 36.0 Å². The number of carbonyl (C=O) groups excluding carboxylic acids is 1. The molecule has 2 unspecified atom stereocenters. The molecule has 0 aromatic heterocycles. The summed E-state index contributed by atoms with van der Waals surface area (Å²) < 4.78 is 19.1. The van der Waals surface area contributed by atoms with Crippen molar-refractivity contribution in [1.29, 1.82) is 0 Å². The molecule has 29 heavy (non-hydrogen) atoms. The number of piperidine rings is 1. The van der Waals surface area contributed by atoms with E-state index in [1.54, 1.807) is 12.1 Å². The maximum Gasteiger partial charge on any atom is 0.252 e. The van der Waals surface area contributed by atoms with Gasteiger partial charge in [-0.25, -0.2) is 4.39 Å². The van der Waals surface area contributed by atoms with Gasteiger partial charge in [-0.05, 0) is 56.0 Å². The number of likely N-dealkylation sites (tertiary alicyclic amines) is 1. The van der Waals surface area contributed by atoms with Gasteiger partial charge in [0, 0.05) is 31.4 Å². The quantitative estimate of drug-likeness (QED) is 0.706. The summed E-state index contributed by atoms with van der Waals surface area (Å²) in [5.41, 5.74) is 1.84. The Balaban J connectivity index is 1.49. The van der Waals surface area contributed by atoms with Crippen molar-refractivity contribution in [2.24, 2.45) is 0 Å². The second kappa shape index (κ2) is 8.29. The van der Waals surface area contributed by atoms with Crippen LogP contribution in [0.4, 0.5) is 4.39 Å². The first kappa shape index (κ1) is 20.1. The molecular weight excluding hydrogens is 388 g/mol. The standard InChI is InChI=1S/C22H27FN3O2P/c1-24(2)16-8-10-25(11-9-16)17-5-7-22-26(14-17)21(27)13-20(29-22)15-4-6-19(28-3)18(23)12-15/h4-7,12-14,16,22,29H,8-11H2,1-3H3. The molecule has 1 saturated heterocycles. The van der Waals surface area contributed by atoms with Crippen molar-refractivity contribution in [3.05, 3.63) is 59.7 Å². The van der Waals surface area contributed by atoms with E-state index in [-0.39, 0.29) is 17.4 Å². The van der Waals surface area contributed by atoms with E-state index < -0.39 is 5.82 Å². The lowest BCUT2D eigenvalue weighted by molar-refractivity contribution is -0.123. The predicted octanol–water partition coefficient (Wildman–Crippen LogP) is 3.46. The Bertz CT molecular complexity index is 888. The van der Waals surface area contributed by atoms with E-state index in [1.165, 1.54) is 13.2 Å². The molecule has 154 valence electrons. The Morgan fingerprint density at radius 1 is 1.24 bits per heavy atom. The number of halogens is 1. The molecule has 1 fully saturated rings. The molecule has 3 heterocycles. The molecule has 0 radical (unpaired) electrons. The summed E-state index contributed by atoms with van der Waals surface area (Å²) in [6.07, 6.45) is 10.1. The zero-order valence-electron chi connectivity index (χ0n) is 17.1. The van der Waals surface area contributed by atoms with Crippen LogP contribution in [0.5, 0.6) is 5.75 Å². The molecule has 7 heteroatoms. The summed E-state index contributed by atoms with van der Waals surface area (Å²) in [5, 5.41) is 0.881. The zero-order valence-corrected chi connectivity index (χ0v) is 18.1. The lowest BCUT2D eigenvalue weighted by Crippen LogP contribution is -2.43. The smallest absolute Gasteiger partial charge is 0.252 e. The molecule has 0 N–H and O–H groups in total. The summed E-state index contributed by atoms with van der Waals surface area (Å²) in [4.78, 5) is 19.3. The van der Waals surface area contributed by atoms with Crippen LogP contribution in [-0.4, -0.2) is 66.7 Å². The van der Waals surface area contributed by atoms with Crippen LogP contribution in [0.25, 0.3) is 5.31 Å². The van der Waals surface area contributed by atoms with Gasteiger partial charge in [0.1, 0.15) is 0 Å². The van der Waals surface area contributed by atoms with Crippen molar-refractivity contribution in [1.82, 2.24) is 14.7 Å². The highest BCUT2D eigenvalue weighted by molar-refractivity contribution is 7.51. The van der Waals surface area contributed by atoms with E-state index in [9.17, 15) is 9.18 Å². The maximum atomic E-state index is 14.1. The lowest BCUT2D eigenvalue weighted by atomic mass is 10.0. The molecule has 0 spiro atoms. The largest absolute Gasteiger partial charge is 0.494 e. The van der Waals surface area contributed by atoms with Gasteiger partial charge in [0.15, 0.2) is 11.6 Å². The molecule has 3 aliphatic heterocycles. The molecule has 0 aliphatic carbocycles. The Kier molecular flexibility index (Phi) is 5.75. The maximum absolute atomic E-state index is 14.1. The third-order valence-electron chi connectivity index (χ3n) is 5.87. The molecule has 0 bridgehead atoms. The van der Waals surface area contributed by atoms with Gasteiger partial charge in [0.2, 0.25) is 0 Å². The third kappa shape index (κ3) is 4.10. The summed E-state index contributed by atoms with van der Waals surface area (Å²) in [5.74, 6) is -0.251. The van der Waals surface area contributed by atoms with Gasteiger partial charge >= 0.3 is 0 Å². The number of fused-ring (bicyclic) bond motifs is 1. The fraction of sp³-hybridized carbons (Fsp3) is 0.409. The fourth-order valence-corrected chi connectivity index (χ4v) is 5.47. The fourth-order valence-electron chi connectivity index (χ4n) is 4.09. The number of carbonyl (C=O) groups is 1. The van der Waals surface area contributed by atoms with Gasteiger partial charge in [0.25, 0.3) is 5.91 Å². The van der Waals surface area contributed by atoms with Crippen LogP contribution >= 0.6 is 8.58 Å². The van der Waals surface area contributed by atoms with Gasteiger partial charge < -0.3 is 19.4 Å². The van der Waals surface area contributed by atoms with Crippen LogP contribution in [0, 0.1) is 5.82 Å². The van der Waals surface area contributed by atoms with Gasteiger partial charge in [-0.15, -0.1) is 0 Å². The van der Waals surface area contributed by atoms with Gasteiger partial charge in [-0.3, -0.25) is 4.79 Å². The van der Waals surface area contributed by atoms with Crippen molar-refractivity contribution >= 4 is 19.8 Å². The molecule has 1 amide bonds. The first-order valence-corrected chi connectivity index (χ1v) is 11.0. The van der Waals surface area contributed by atoms with Crippen LogP contribution in [0.2, 0.25) is 0 Å². The molecular formula is C22H27FN3O2P. The van der Waals surface area contributed by atoms with Crippen molar-refractivity contribution in [3.63, 3.8) is 0 Å². The van der Waals surface area contributed by atoms with Crippen LogP contribution in [0.1, 0.15) is 18.4 Å². The Morgan fingerprint density at radius 2 is 2.00 bits per heavy atom. The number of hydrogen-bond acceptors (Lipinski definition) is 4. The highest BCUT2D eigenvalue weighted by Crippen LogP contribution is 2.45. The monoisotopic (exact) mass is 415 g/mol. The summed E-state index contributed by atoms with van der Waals surface area (Å²) in [7, 11) is 6.09. The topological polar surface area (TPSA) is 36.0 Å². The number of amides is 1. The molecule has 4 rings (SSSR count). The first-order valence-electron chi connectivity index (χ1n) is 9.92. The zero-order chi connectivity index (χ0) is 20.5. The van der Waals surface area contributed by atoms with E-state index in [1.807, 2.05) is 17.2 Å². The van der Waals surface area contributed by atoms with Gasteiger partial charge in [-0.1, -0.05) is 20.7 Å². The van der Waals surface area contributed by atoms with Crippen LogP contribution in [-0.2, 0) is 4.79 Å². The Labute approximate surface area is 173 Å². The van der Waals surface area contributed by atoms with Crippen molar-refractivity contribution in [3.8, 4) is 5.75 Å². The summed E-state index contributed by atoms with van der Waals surface area (Å²) in [6.45, 7) is 2.00. The minimum absolute atomic E-state index is 0.00396. The van der Waals surface area contributed by atoms with E-state index >= 15 is 0 Å². The molecule has 1 aromatic carbocycles. The highest BCUT2D eigenvalue weighted by Gasteiger charge is 2.30. The normalized spacial score (nSPS) is 23.3. The Morgan fingerprint density at radius 3 is 2.66 bits per heavy atom. The number of hydrogen-bond donors (Lipinski definition) is 0. The lowest BCUT2D eigenvalue weighted by Gasteiger charge is -2.40. The van der Waals surface area contributed by atoms with E-state index in [0.717, 1.165) is 42.5 Å². The van der Waals surface area contributed by atoms with Crippen LogP contribution in [0.15, 0.2) is 48.3 Å². The number of nitrogens with zero attached hydrogens (tertiary/aromatic N) is 3. The first-order chi connectivity index (χ1) is 14.0. The van der Waals surface area contributed by atoms with E-state index in [0.29, 0.717) is 14.6 Å². The van der Waals surface area contributed by atoms with Crippen LogP contribution < -0.4 is 4.74 Å². The Hall–Kier alpha value is -2.17. The van der Waals surface area contributed by atoms with Crippen molar-refractivity contribution in [2.75, 3.05) is 34.3 Å². The number of ether oxygens (including phenoxy) is 1. The SMILES string of the molecule is COc1ccc(C2=CC(=O)N3C=C(N4CCC(N(C)C)CC4)C=CC3P2)cc1F. The second-order valence-electron chi connectivity index (χ2n) is 7.84. The highest BCUT2D eigenvalue weighted by atomic mass is 31.1. The molecule has 0 saturated carbocycles. The summed E-state index contributed by atoms with van der Waals surface area (Å²) in [6, 6.07) is 5.50. The average molecular weight is 415 g/mol. The van der Waals surface area contributed by atoms with Crippen molar-refractivity contribution in [2.45, 2.75) is 24.7 Å². The minimum atomic E-state index is -0.409. The summed E-state index contributed by atoms with van der Waals surface area (Å²) >= 11 is 0. The van der Waals surface area contributed by atoms with Crippen LogP contribution in [0.3, 0.4) is 0 Å². The molecule has 5 nitrogen and oxygen atoms in total. The number of methoxy groups -OCH3 is 1. The third-order valence-corrected chi connectivity index (χ3v) is 7.38. The van der Waals surface area contributed by atoms with Gasteiger partial charge in [0.05, 0.1) is 18.6 Å². The number of allylic oxidation sites excluding steroid dienone is 1. The minimum Gasteiger partial charge on any atom is -0.494 e. The van der Waals surface area contributed by atoms with E-state index in [4.69, 9.17) is 4.74 Å². The predicted molar refractivity (Wildman–Crippen MR) is 115 cm³/mol. The second-order valence-corrected chi connectivity index (χ2v) is 9.26. The average Bonchev–Trinajstić information content (AvgIpc) is 2.73. The molecule has 2 atom stereocenters. The van der Waals surface area contributed by atoms with Gasteiger partial charge in [-0.2, -0.15) is 0 Å². The van der Waals surface area contributed by atoms with Crippen molar-refractivity contribution < 1.29 is 13.9 Å². The number of benzene rings is 1. The molecule has 1 aromatic rings. The number of rotatable bonds is 4.